The van der Waals surface area contributed by atoms with Crippen molar-refractivity contribution in [1.29, 1.82) is 0 Å². The topological polar surface area (TPSA) is 13.1 Å². The SMILES string of the molecule is C/C=C\C(=C/C)c1ccc(-c2ccoc2)cc1. The van der Waals surface area contributed by atoms with Crippen LogP contribution in [-0.2, 0) is 0 Å². The predicted molar refractivity (Wildman–Crippen MR) is 72.6 cm³/mol. The van der Waals surface area contributed by atoms with Gasteiger partial charge >= 0.3 is 0 Å². The number of allylic oxidation sites excluding steroid dienone is 4. The Kier molecular flexibility index (Phi) is 3.61. The molecule has 0 atom stereocenters. The van der Waals surface area contributed by atoms with Gasteiger partial charge in [0.15, 0.2) is 0 Å². The molecule has 0 saturated heterocycles. The molecule has 0 spiro atoms. The Morgan fingerprint density at radius 3 is 2.29 bits per heavy atom. The maximum atomic E-state index is 5.08. The molecule has 1 heterocycles. The maximum absolute atomic E-state index is 5.08. The highest BCUT2D eigenvalue weighted by Gasteiger charge is 2.00. The van der Waals surface area contributed by atoms with Crippen LogP contribution in [0.15, 0.2) is 65.5 Å². The van der Waals surface area contributed by atoms with E-state index in [2.05, 4.69) is 49.4 Å². The smallest absolute Gasteiger partial charge is 0.0980 e. The summed E-state index contributed by atoms with van der Waals surface area (Å²) in [6, 6.07) is 10.5. The minimum absolute atomic E-state index is 1.12. The van der Waals surface area contributed by atoms with Crippen molar-refractivity contribution in [3.05, 3.63) is 66.6 Å². The summed E-state index contributed by atoms with van der Waals surface area (Å²) in [5, 5.41) is 0. The Labute approximate surface area is 102 Å². The lowest BCUT2D eigenvalue weighted by Crippen LogP contribution is -1.81. The summed E-state index contributed by atoms with van der Waals surface area (Å²) in [5.74, 6) is 0. The molecule has 0 unspecified atom stereocenters. The summed E-state index contributed by atoms with van der Waals surface area (Å²) in [7, 11) is 0. The average molecular weight is 224 g/mol. The number of furan rings is 1. The van der Waals surface area contributed by atoms with Crippen LogP contribution in [0.4, 0.5) is 0 Å². The fourth-order valence-electron chi connectivity index (χ4n) is 1.82. The first-order valence-corrected chi connectivity index (χ1v) is 5.77. The van der Waals surface area contributed by atoms with Gasteiger partial charge in [-0.25, -0.2) is 0 Å². The van der Waals surface area contributed by atoms with Crippen LogP contribution in [0.25, 0.3) is 16.7 Å². The molecule has 0 N–H and O–H groups in total. The zero-order valence-corrected chi connectivity index (χ0v) is 10.2. The van der Waals surface area contributed by atoms with E-state index in [4.69, 9.17) is 4.42 Å². The van der Waals surface area contributed by atoms with Crippen molar-refractivity contribution in [3.63, 3.8) is 0 Å². The zero-order chi connectivity index (χ0) is 12.1. The normalized spacial score (nSPS) is 12.2. The van der Waals surface area contributed by atoms with E-state index in [9.17, 15) is 0 Å². The molecule has 0 fully saturated rings. The van der Waals surface area contributed by atoms with Crippen molar-refractivity contribution < 1.29 is 4.42 Å². The van der Waals surface area contributed by atoms with Gasteiger partial charge < -0.3 is 4.42 Å². The first-order chi connectivity index (χ1) is 8.35. The molecule has 0 bridgehead atoms. The first kappa shape index (κ1) is 11.5. The van der Waals surface area contributed by atoms with Gasteiger partial charge in [0.1, 0.15) is 0 Å². The third kappa shape index (κ3) is 2.56. The van der Waals surface area contributed by atoms with Gasteiger partial charge in [-0.15, -0.1) is 0 Å². The summed E-state index contributed by atoms with van der Waals surface area (Å²) < 4.78 is 5.08. The second-order valence-corrected chi connectivity index (χ2v) is 3.83. The number of hydrogen-bond acceptors (Lipinski definition) is 1. The van der Waals surface area contributed by atoms with E-state index in [1.807, 2.05) is 13.0 Å². The highest BCUT2D eigenvalue weighted by atomic mass is 16.3. The lowest BCUT2D eigenvalue weighted by Gasteiger charge is -2.03. The molecule has 0 saturated carbocycles. The van der Waals surface area contributed by atoms with Crippen LogP contribution < -0.4 is 0 Å². The van der Waals surface area contributed by atoms with E-state index in [1.54, 1.807) is 12.5 Å². The average Bonchev–Trinajstić information content (AvgIpc) is 2.90. The van der Waals surface area contributed by atoms with E-state index in [1.165, 1.54) is 16.7 Å². The van der Waals surface area contributed by atoms with Crippen LogP contribution >= 0.6 is 0 Å². The number of benzene rings is 1. The zero-order valence-electron chi connectivity index (χ0n) is 10.2. The molecule has 2 aromatic rings. The largest absolute Gasteiger partial charge is 0.472 e. The molecule has 0 aliphatic heterocycles. The number of rotatable bonds is 3. The standard InChI is InChI=1S/C16H16O/c1-3-5-13(4-2)14-6-8-15(9-7-14)16-10-11-17-12-16/h3-12H,1-2H3/b5-3-,13-4+. The van der Waals surface area contributed by atoms with E-state index in [0.717, 1.165) is 5.56 Å². The van der Waals surface area contributed by atoms with Crippen molar-refractivity contribution in [2.24, 2.45) is 0 Å². The lowest BCUT2D eigenvalue weighted by atomic mass is 10.0. The minimum atomic E-state index is 1.12. The van der Waals surface area contributed by atoms with Crippen molar-refractivity contribution >= 4 is 5.57 Å². The summed E-state index contributed by atoms with van der Waals surface area (Å²) in [6.07, 6.45) is 9.75. The Hall–Kier alpha value is -2.02. The van der Waals surface area contributed by atoms with Crippen molar-refractivity contribution in [2.75, 3.05) is 0 Å². The van der Waals surface area contributed by atoms with Crippen LogP contribution in [-0.4, -0.2) is 0 Å². The van der Waals surface area contributed by atoms with Crippen LogP contribution in [0.5, 0.6) is 0 Å². The molecule has 0 aliphatic carbocycles. The lowest BCUT2D eigenvalue weighted by molar-refractivity contribution is 0.568. The molecule has 1 nitrogen and oxygen atoms in total. The highest BCUT2D eigenvalue weighted by molar-refractivity contribution is 5.75. The first-order valence-electron chi connectivity index (χ1n) is 5.77. The van der Waals surface area contributed by atoms with Crippen molar-refractivity contribution in [2.45, 2.75) is 13.8 Å². The van der Waals surface area contributed by atoms with Gasteiger partial charge in [0.2, 0.25) is 0 Å². The second kappa shape index (κ2) is 5.35. The highest BCUT2D eigenvalue weighted by Crippen LogP contribution is 2.23. The molecule has 86 valence electrons. The van der Waals surface area contributed by atoms with Gasteiger partial charge in [-0.3, -0.25) is 0 Å². The monoisotopic (exact) mass is 224 g/mol. The Morgan fingerprint density at radius 1 is 1.00 bits per heavy atom. The molecular weight excluding hydrogens is 208 g/mol. The summed E-state index contributed by atoms with van der Waals surface area (Å²) in [4.78, 5) is 0. The van der Waals surface area contributed by atoms with Crippen LogP contribution in [0.1, 0.15) is 19.4 Å². The molecule has 17 heavy (non-hydrogen) atoms. The van der Waals surface area contributed by atoms with E-state index in [-0.39, 0.29) is 0 Å². The van der Waals surface area contributed by atoms with E-state index < -0.39 is 0 Å². The molecule has 1 aromatic heterocycles. The summed E-state index contributed by atoms with van der Waals surface area (Å²) >= 11 is 0. The molecule has 1 heteroatoms. The van der Waals surface area contributed by atoms with Gasteiger partial charge in [0, 0.05) is 5.56 Å². The van der Waals surface area contributed by atoms with E-state index in [0.29, 0.717) is 0 Å². The molecule has 2 rings (SSSR count). The van der Waals surface area contributed by atoms with Gasteiger partial charge in [0.25, 0.3) is 0 Å². The maximum Gasteiger partial charge on any atom is 0.0980 e. The Bertz CT molecular complexity index is 513. The molecule has 0 radical (unpaired) electrons. The second-order valence-electron chi connectivity index (χ2n) is 3.83. The third-order valence-electron chi connectivity index (χ3n) is 2.73. The quantitative estimate of drug-likeness (QED) is 0.674. The van der Waals surface area contributed by atoms with Crippen molar-refractivity contribution in [3.8, 4) is 11.1 Å². The van der Waals surface area contributed by atoms with Gasteiger partial charge in [-0.2, -0.15) is 0 Å². The molecule has 1 aromatic carbocycles. The number of hydrogen-bond donors (Lipinski definition) is 0. The summed E-state index contributed by atoms with van der Waals surface area (Å²) in [6.45, 7) is 4.09. The van der Waals surface area contributed by atoms with Gasteiger partial charge in [-0.1, -0.05) is 42.5 Å². The molecular formula is C16H16O. The fourth-order valence-corrected chi connectivity index (χ4v) is 1.82. The third-order valence-corrected chi connectivity index (χ3v) is 2.73. The minimum Gasteiger partial charge on any atom is -0.472 e. The van der Waals surface area contributed by atoms with Crippen molar-refractivity contribution in [1.82, 2.24) is 0 Å². The Morgan fingerprint density at radius 2 is 1.76 bits per heavy atom. The predicted octanol–water partition coefficient (Wildman–Crippen LogP) is 4.93. The molecule has 0 aliphatic rings. The van der Waals surface area contributed by atoms with Crippen LogP contribution in [0.2, 0.25) is 0 Å². The van der Waals surface area contributed by atoms with Gasteiger partial charge in [-0.05, 0) is 36.6 Å². The molecule has 0 amide bonds. The van der Waals surface area contributed by atoms with Crippen LogP contribution in [0, 0.1) is 0 Å². The van der Waals surface area contributed by atoms with E-state index >= 15 is 0 Å². The Balaban J connectivity index is 2.30. The fraction of sp³-hybridized carbons (Fsp3) is 0.125. The van der Waals surface area contributed by atoms with Gasteiger partial charge in [0.05, 0.1) is 12.5 Å². The van der Waals surface area contributed by atoms with Crippen LogP contribution in [0.3, 0.4) is 0 Å². The summed E-state index contributed by atoms with van der Waals surface area (Å²) in [5.41, 5.74) is 4.77.